The Kier molecular flexibility index (Phi) is 63.7. The van der Waals surface area contributed by atoms with Crippen LogP contribution in [0.1, 0.15) is 329 Å². The molecule has 0 aromatic rings. The fourth-order valence-corrected chi connectivity index (χ4v) is 9.50. The summed E-state index contributed by atoms with van der Waals surface area (Å²) < 4.78 is 16.9. The first kappa shape index (κ1) is 75.3. The van der Waals surface area contributed by atoms with Gasteiger partial charge in [0.25, 0.3) is 0 Å². The maximum Gasteiger partial charge on any atom is 0.306 e. The number of allylic oxidation sites excluding steroid dienone is 16. The van der Waals surface area contributed by atoms with E-state index in [9.17, 15) is 14.4 Å². The highest BCUT2D eigenvalue weighted by molar-refractivity contribution is 5.71. The summed E-state index contributed by atoms with van der Waals surface area (Å²) in [5, 5.41) is 0. The largest absolute Gasteiger partial charge is 0.462 e. The van der Waals surface area contributed by atoms with Crippen molar-refractivity contribution in [2.75, 3.05) is 13.2 Å². The maximum absolute atomic E-state index is 12.9. The zero-order valence-corrected chi connectivity index (χ0v) is 52.1. The van der Waals surface area contributed by atoms with Crippen molar-refractivity contribution in [1.29, 1.82) is 0 Å². The first-order valence-electron chi connectivity index (χ1n) is 33.7. The molecule has 454 valence electrons. The number of hydrogen-bond acceptors (Lipinski definition) is 6. The Hall–Kier alpha value is -3.67. The van der Waals surface area contributed by atoms with E-state index in [1.165, 1.54) is 186 Å². The molecule has 0 saturated heterocycles. The molecule has 0 aromatic carbocycles. The van der Waals surface area contributed by atoms with Crippen LogP contribution in [0.3, 0.4) is 0 Å². The molecular formula is C73H126O6. The smallest absolute Gasteiger partial charge is 0.306 e. The van der Waals surface area contributed by atoms with Gasteiger partial charge in [0.1, 0.15) is 13.2 Å². The predicted octanol–water partition coefficient (Wildman–Crippen LogP) is 23.2. The molecule has 0 aliphatic rings. The second kappa shape index (κ2) is 66.8. The molecule has 0 saturated carbocycles. The van der Waals surface area contributed by atoms with Crippen LogP contribution in [0.4, 0.5) is 0 Å². The van der Waals surface area contributed by atoms with Crippen molar-refractivity contribution in [3.8, 4) is 0 Å². The van der Waals surface area contributed by atoms with Crippen LogP contribution in [0.25, 0.3) is 0 Å². The Labute approximate surface area is 489 Å². The average Bonchev–Trinajstić information content (AvgIpc) is 3.45. The summed E-state index contributed by atoms with van der Waals surface area (Å²) in [4.78, 5) is 38.3. The number of hydrogen-bond donors (Lipinski definition) is 0. The van der Waals surface area contributed by atoms with Crippen LogP contribution in [0.15, 0.2) is 97.2 Å². The van der Waals surface area contributed by atoms with Gasteiger partial charge >= 0.3 is 17.9 Å². The Bertz CT molecular complexity index is 1540. The van der Waals surface area contributed by atoms with Crippen LogP contribution in [-0.2, 0) is 28.6 Å². The van der Waals surface area contributed by atoms with E-state index in [4.69, 9.17) is 14.2 Å². The molecule has 0 bridgehead atoms. The fourth-order valence-electron chi connectivity index (χ4n) is 9.50. The summed E-state index contributed by atoms with van der Waals surface area (Å²) in [5.41, 5.74) is 0. The molecule has 0 amide bonds. The molecule has 0 radical (unpaired) electrons. The zero-order chi connectivity index (χ0) is 57.1. The third kappa shape index (κ3) is 65.0. The Morgan fingerprint density at radius 3 is 0.810 bits per heavy atom. The van der Waals surface area contributed by atoms with Crippen molar-refractivity contribution in [2.24, 2.45) is 0 Å². The van der Waals surface area contributed by atoms with E-state index < -0.39 is 6.10 Å². The summed E-state index contributed by atoms with van der Waals surface area (Å²) >= 11 is 0. The van der Waals surface area contributed by atoms with Crippen LogP contribution in [0.2, 0.25) is 0 Å². The second-order valence-corrected chi connectivity index (χ2v) is 22.3. The van der Waals surface area contributed by atoms with Gasteiger partial charge in [-0.25, -0.2) is 0 Å². The lowest BCUT2D eigenvalue weighted by Gasteiger charge is -2.18. The summed E-state index contributed by atoms with van der Waals surface area (Å²) in [7, 11) is 0. The molecule has 0 N–H and O–H groups in total. The van der Waals surface area contributed by atoms with Crippen molar-refractivity contribution in [1.82, 2.24) is 0 Å². The van der Waals surface area contributed by atoms with Gasteiger partial charge in [0.05, 0.1) is 0 Å². The van der Waals surface area contributed by atoms with E-state index in [2.05, 4.69) is 118 Å². The summed E-state index contributed by atoms with van der Waals surface area (Å²) in [5.74, 6) is -0.912. The van der Waals surface area contributed by atoms with Crippen LogP contribution < -0.4 is 0 Å². The van der Waals surface area contributed by atoms with Gasteiger partial charge in [0.2, 0.25) is 0 Å². The predicted molar refractivity (Wildman–Crippen MR) is 344 cm³/mol. The van der Waals surface area contributed by atoms with Crippen molar-refractivity contribution in [3.05, 3.63) is 97.2 Å². The molecule has 0 aromatic heterocycles. The van der Waals surface area contributed by atoms with Gasteiger partial charge in [-0.15, -0.1) is 0 Å². The van der Waals surface area contributed by atoms with Crippen molar-refractivity contribution in [2.45, 2.75) is 335 Å². The van der Waals surface area contributed by atoms with E-state index in [0.29, 0.717) is 19.3 Å². The quantitative estimate of drug-likeness (QED) is 0.0261. The van der Waals surface area contributed by atoms with E-state index in [0.717, 1.165) is 103 Å². The summed E-state index contributed by atoms with van der Waals surface area (Å²) in [6.07, 6.45) is 90.0. The Balaban J connectivity index is 4.27. The van der Waals surface area contributed by atoms with Crippen molar-refractivity contribution >= 4 is 17.9 Å². The number of carbonyl (C=O) groups excluding carboxylic acids is 3. The second-order valence-electron chi connectivity index (χ2n) is 22.3. The minimum Gasteiger partial charge on any atom is -0.462 e. The van der Waals surface area contributed by atoms with Crippen LogP contribution in [-0.4, -0.2) is 37.2 Å². The van der Waals surface area contributed by atoms with Gasteiger partial charge in [-0.3, -0.25) is 14.4 Å². The van der Waals surface area contributed by atoms with Gasteiger partial charge in [0, 0.05) is 19.3 Å². The van der Waals surface area contributed by atoms with E-state index in [-0.39, 0.29) is 31.1 Å². The lowest BCUT2D eigenvalue weighted by molar-refractivity contribution is -0.167. The molecule has 1 atom stereocenters. The van der Waals surface area contributed by atoms with Gasteiger partial charge in [-0.1, -0.05) is 285 Å². The van der Waals surface area contributed by atoms with Crippen LogP contribution >= 0.6 is 0 Å². The maximum atomic E-state index is 12.9. The van der Waals surface area contributed by atoms with Crippen LogP contribution in [0.5, 0.6) is 0 Å². The van der Waals surface area contributed by atoms with Crippen molar-refractivity contribution < 1.29 is 28.6 Å². The van der Waals surface area contributed by atoms with E-state index in [1.54, 1.807) is 0 Å². The molecule has 0 fully saturated rings. The minimum absolute atomic E-state index is 0.0878. The molecule has 0 aliphatic heterocycles. The Morgan fingerprint density at radius 2 is 0.494 bits per heavy atom. The number of esters is 3. The highest BCUT2D eigenvalue weighted by Crippen LogP contribution is 2.17. The van der Waals surface area contributed by atoms with Gasteiger partial charge in [-0.2, -0.15) is 0 Å². The highest BCUT2D eigenvalue weighted by atomic mass is 16.6. The molecule has 79 heavy (non-hydrogen) atoms. The number of ether oxygens (including phenoxy) is 3. The van der Waals surface area contributed by atoms with E-state index in [1.807, 2.05) is 0 Å². The normalized spacial score (nSPS) is 12.7. The molecule has 0 rings (SSSR count). The molecule has 6 nitrogen and oxygen atoms in total. The highest BCUT2D eigenvalue weighted by Gasteiger charge is 2.19. The fraction of sp³-hybridized carbons (Fsp3) is 0.740. The molecule has 0 spiro atoms. The molecule has 0 aliphatic carbocycles. The van der Waals surface area contributed by atoms with Gasteiger partial charge in [0.15, 0.2) is 6.10 Å². The lowest BCUT2D eigenvalue weighted by Crippen LogP contribution is -2.30. The number of carbonyl (C=O) groups is 3. The molecule has 0 heterocycles. The number of rotatable bonds is 61. The third-order valence-electron chi connectivity index (χ3n) is 14.5. The average molecular weight is 1100 g/mol. The lowest BCUT2D eigenvalue weighted by atomic mass is 10.0. The SMILES string of the molecule is CC/C=C\C/C=C\C/C=C\CCCCCC(=O)OCC(COC(=O)CCCCCCCCCCCCCCCC/C=C\C/C=C\C/C=C\CCCCCCC)OC(=O)CCCCCCCCCCC/C=C\C/C=C\CCCCC. The zero-order valence-electron chi connectivity index (χ0n) is 52.1. The van der Waals surface area contributed by atoms with Gasteiger partial charge < -0.3 is 14.2 Å². The minimum atomic E-state index is -0.794. The standard InChI is InChI=1S/C73H126O6/c1-4-7-10-13-16-19-22-25-27-29-31-32-33-34-35-36-37-38-39-40-42-43-45-48-51-54-57-60-63-66-72(75)78-69-70(68-77-71(74)65-62-59-56-53-50-47-24-21-18-15-12-9-6-3)79-73(76)67-64-61-58-55-52-49-46-44-41-30-28-26-23-20-17-14-11-8-5-2/h9,12,17-18,20-22,25-26,28-29,31,33-34,47,50,70H,4-8,10-11,13-16,19,23-24,27,30,32,35-46,48-49,51-69H2,1-3H3/b12-9-,20-17-,21-18-,25-22-,28-26-,31-29-,34-33-,50-47-. The monoisotopic (exact) mass is 1100 g/mol. The third-order valence-corrected chi connectivity index (χ3v) is 14.5. The van der Waals surface area contributed by atoms with Gasteiger partial charge in [-0.05, 0) is 122 Å². The van der Waals surface area contributed by atoms with Crippen molar-refractivity contribution in [3.63, 3.8) is 0 Å². The topological polar surface area (TPSA) is 78.9 Å². The molecule has 1 unspecified atom stereocenters. The first-order chi connectivity index (χ1) is 39.0. The number of unbranched alkanes of at least 4 members (excludes halogenated alkanes) is 34. The van der Waals surface area contributed by atoms with E-state index >= 15 is 0 Å². The summed E-state index contributed by atoms with van der Waals surface area (Å²) in [6, 6.07) is 0. The molecular weight excluding hydrogens is 973 g/mol. The molecule has 6 heteroatoms. The Morgan fingerprint density at radius 1 is 0.266 bits per heavy atom. The van der Waals surface area contributed by atoms with Crippen LogP contribution in [0, 0.1) is 0 Å². The first-order valence-corrected chi connectivity index (χ1v) is 33.7. The summed E-state index contributed by atoms with van der Waals surface area (Å²) in [6.45, 7) is 6.49.